The number of benzene rings is 1. The summed E-state index contributed by atoms with van der Waals surface area (Å²) in [5.74, 6) is 0. The molecule has 1 heterocycles. The van der Waals surface area contributed by atoms with Crippen LogP contribution in [-0.4, -0.2) is 14.7 Å². The zero-order chi connectivity index (χ0) is 14.0. The number of hydrogen-bond donors (Lipinski definition) is 1. The van der Waals surface area contributed by atoms with Crippen LogP contribution in [0.4, 0.5) is 5.69 Å². The van der Waals surface area contributed by atoms with Gasteiger partial charge in [0.15, 0.2) is 9.84 Å². The normalized spacial score (nSPS) is 13.2. The average molecular weight is 295 g/mol. The smallest absolute Gasteiger partial charge is 0.177 e. The van der Waals surface area contributed by atoms with Crippen LogP contribution in [-0.2, 0) is 9.84 Å². The molecule has 1 aromatic heterocycles. The monoisotopic (exact) mass is 295 g/mol. The van der Waals surface area contributed by atoms with E-state index in [9.17, 15) is 8.42 Å². The van der Waals surface area contributed by atoms with Crippen LogP contribution in [0.2, 0.25) is 0 Å². The number of sulfone groups is 1. The van der Waals surface area contributed by atoms with E-state index in [0.29, 0.717) is 10.6 Å². The van der Waals surface area contributed by atoms with E-state index in [4.69, 9.17) is 0 Å². The van der Waals surface area contributed by atoms with Crippen molar-refractivity contribution in [3.05, 3.63) is 46.2 Å². The van der Waals surface area contributed by atoms with Gasteiger partial charge in [0.1, 0.15) is 0 Å². The van der Waals surface area contributed by atoms with E-state index in [-0.39, 0.29) is 6.04 Å². The topological polar surface area (TPSA) is 46.2 Å². The van der Waals surface area contributed by atoms with E-state index < -0.39 is 9.84 Å². The molecule has 102 valence electrons. The van der Waals surface area contributed by atoms with Crippen LogP contribution < -0.4 is 5.32 Å². The van der Waals surface area contributed by atoms with Crippen molar-refractivity contribution in [3.63, 3.8) is 0 Å². The summed E-state index contributed by atoms with van der Waals surface area (Å²) in [5, 5.41) is 3.28. The number of rotatable bonds is 4. The maximum absolute atomic E-state index is 11.7. The summed E-state index contributed by atoms with van der Waals surface area (Å²) >= 11 is 1.72. The van der Waals surface area contributed by atoms with Gasteiger partial charge >= 0.3 is 0 Å². The molecular weight excluding hydrogens is 278 g/mol. The largest absolute Gasteiger partial charge is 0.377 e. The third-order valence-corrected chi connectivity index (χ3v) is 5.18. The van der Waals surface area contributed by atoms with E-state index in [1.165, 1.54) is 16.0 Å². The minimum Gasteiger partial charge on any atom is -0.377 e. The van der Waals surface area contributed by atoms with Gasteiger partial charge in [-0.15, -0.1) is 11.3 Å². The number of anilines is 1. The Morgan fingerprint density at radius 3 is 2.42 bits per heavy atom. The molecule has 5 heteroatoms. The molecule has 0 aliphatic carbocycles. The molecule has 0 spiro atoms. The van der Waals surface area contributed by atoms with Crippen LogP contribution in [0.1, 0.15) is 22.7 Å². The van der Waals surface area contributed by atoms with E-state index in [2.05, 4.69) is 24.4 Å². The van der Waals surface area contributed by atoms with Gasteiger partial charge in [-0.2, -0.15) is 0 Å². The fourth-order valence-electron chi connectivity index (χ4n) is 1.90. The molecule has 1 N–H and O–H groups in total. The summed E-state index contributed by atoms with van der Waals surface area (Å²) in [7, 11) is -3.22. The van der Waals surface area contributed by atoms with Crippen LogP contribution in [0.15, 0.2) is 41.3 Å². The summed E-state index contributed by atoms with van der Waals surface area (Å²) in [5.41, 5.74) is 0.656. The highest BCUT2D eigenvalue weighted by Crippen LogP contribution is 2.28. The van der Waals surface area contributed by atoms with Gasteiger partial charge in [-0.1, -0.05) is 12.1 Å². The Bertz CT molecular complexity index is 674. The quantitative estimate of drug-likeness (QED) is 0.937. The first kappa shape index (κ1) is 14.1. The summed E-state index contributed by atoms with van der Waals surface area (Å²) in [6, 6.07) is 11.2. The van der Waals surface area contributed by atoms with Crippen molar-refractivity contribution in [2.24, 2.45) is 0 Å². The number of thiophene rings is 1. The zero-order valence-electron chi connectivity index (χ0n) is 11.2. The van der Waals surface area contributed by atoms with Gasteiger partial charge in [-0.05, 0) is 38.1 Å². The summed E-state index contributed by atoms with van der Waals surface area (Å²) in [6.07, 6.45) is 1.23. The van der Waals surface area contributed by atoms with Crippen molar-refractivity contribution in [3.8, 4) is 0 Å². The highest BCUT2D eigenvalue weighted by atomic mass is 32.2. The Labute approximate surface area is 118 Å². The number of hydrogen-bond acceptors (Lipinski definition) is 4. The lowest BCUT2D eigenvalue weighted by Crippen LogP contribution is -2.09. The van der Waals surface area contributed by atoms with Gasteiger partial charge in [0.05, 0.1) is 16.6 Å². The predicted molar refractivity (Wildman–Crippen MR) is 80.6 cm³/mol. The van der Waals surface area contributed by atoms with E-state index in [1.807, 2.05) is 13.0 Å². The Kier molecular flexibility index (Phi) is 3.96. The molecule has 1 unspecified atom stereocenters. The minimum absolute atomic E-state index is 0.0848. The summed E-state index contributed by atoms with van der Waals surface area (Å²) in [4.78, 5) is 2.79. The second-order valence-electron chi connectivity index (χ2n) is 4.58. The van der Waals surface area contributed by atoms with Gasteiger partial charge < -0.3 is 5.32 Å². The van der Waals surface area contributed by atoms with Crippen LogP contribution in [0.25, 0.3) is 0 Å². The molecule has 0 bridgehead atoms. The highest BCUT2D eigenvalue weighted by molar-refractivity contribution is 7.90. The van der Waals surface area contributed by atoms with Crippen molar-refractivity contribution >= 4 is 26.9 Å². The molecule has 1 aromatic carbocycles. The molecule has 0 fully saturated rings. The molecule has 0 saturated carbocycles. The van der Waals surface area contributed by atoms with Crippen LogP contribution in [0.5, 0.6) is 0 Å². The van der Waals surface area contributed by atoms with Crippen LogP contribution >= 0.6 is 11.3 Å². The SMILES string of the molecule is Cc1ccc(C(C)Nc2ccccc2S(C)(=O)=O)s1. The van der Waals surface area contributed by atoms with Gasteiger partial charge in [0.2, 0.25) is 0 Å². The fraction of sp³-hybridized carbons (Fsp3) is 0.286. The first-order valence-electron chi connectivity index (χ1n) is 6.00. The predicted octanol–water partition coefficient (Wildman–Crippen LogP) is 3.63. The second-order valence-corrected chi connectivity index (χ2v) is 7.89. The first-order chi connectivity index (χ1) is 8.88. The summed E-state index contributed by atoms with van der Waals surface area (Å²) in [6.45, 7) is 4.09. The molecule has 0 radical (unpaired) electrons. The Hall–Kier alpha value is -1.33. The molecule has 2 rings (SSSR count). The van der Waals surface area contributed by atoms with Crippen LogP contribution in [0, 0.1) is 6.92 Å². The van der Waals surface area contributed by atoms with Gasteiger partial charge in [-0.3, -0.25) is 0 Å². The van der Waals surface area contributed by atoms with Crippen molar-refractivity contribution in [2.75, 3.05) is 11.6 Å². The van der Waals surface area contributed by atoms with E-state index >= 15 is 0 Å². The molecule has 3 nitrogen and oxygen atoms in total. The molecule has 1 atom stereocenters. The molecule has 0 aliphatic heterocycles. The molecule has 0 amide bonds. The van der Waals surface area contributed by atoms with Crippen molar-refractivity contribution in [1.29, 1.82) is 0 Å². The van der Waals surface area contributed by atoms with Crippen LogP contribution in [0.3, 0.4) is 0 Å². The molecule has 0 aliphatic rings. The Balaban J connectivity index is 2.29. The number of para-hydroxylation sites is 1. The Morgan fingerprint density at radius 1 is 1.16 bits per heavy atom. The fourth-order valence-corrected chi connectivity index (χ4v) is 3.63. The second kappa shape index (κ2) is 5.35. The maximum atomic E-state index is 11.7. The third-order valence-electron chi connectivity index (χ3n) is 2.85. The number of aryl methyl sites for hydroxylation is 1. The molecule has 0 saturated heterocycles. The highest BCUT2D eigenvalue weighted by Gasteiger charge is 2.15. The lowest BCUT2D eigenvalue weighted by atomic mass is 10.2. The molecule has 2 aromatic rings. The average Bonchev–Trinajstić information content (AvgIpc) is 2.75. The third kappa shape index (κ3) is 3.36. The zero-order valence-corrected chi connectivity index (χ0v) is 12.8. The lowest BCUT2D eigenvalue weighted by Gasteiger charge is -2.16. The van der Waals surface area contributed by atoms with Crippen molar-refractivity contribution in [1.82, 2.24) is 0 Å². The van der Waals surface area contributed by atoms with Gasteiger partial charge in [-0.25, -0.2) is 8.42 Å². The first-order valence-corrected chi connectivity index (χ1v) is 8.70. The van der Waals surface area contributed by atoms with E-state index in [0.717, 1.165) is 0 Å². The molecule has 19 heavy (non-hydrogen) atoms. The van der Waals surface area contributed by atoms with E-state index in [1.54, 1.807) is 29.5 Å². The summed E-state index contributed by atoms with van der Waals surface area (Å²) < 4.78 is 23.5. The lowest BCUT2D eigenvalue weighted by molar-refractivity contribution is 0.602. The Morgan fingerprint density at radius 2 is 1.84 bits per heavy atom. The number of nitrogens with one attached hydrogen (secondary N) is 1. The van der Waals surface area contributed by atoms with Gasteiger partial charge in [0.25, 0.3) is 0 Å². The minimum atomic E-state index is -3.22. The van der Waals surface area contributed by atoms with Crippen molar-refractivity contribution < 1.29 is 8.42 Å². The van der Waals surface area contributed by atoms with Gasteiger partial charge in [0, 0.05) is 16.0 Å². The molecular formula is C14H17NO2S2. The maximum Gasteiger partial charge on any atom is 0.177 e. The standard InChI is InChI=1S/C14H17NO2S2/c1-10-8-9-13(18-10)11(2)15-12-6-4-5-7-14(12)19(3,16)17/h4-9,11,15H,1-3H3. The van der Waals surface area contributed by atoms with Crippen molar-refractivity contribution in [2.45, 2.75) is 24.8 Å².